The summed E-state index contributed by atoms with van der Waals surface area (Å²) in [5.74, 6) is -0.844. The fraction of sp³-hybridized carbons (Fsp3) is 0.500. The number of aromatic nitrogens is 1. The van der Waals surface area contributed by atoms with Crippen LogP contribution in [0.25, 0.3) is 10.6 Å². The van der Waals surface area contributed by atoms with Gasteiger partial charge in [-0.25, -0.2) is 14.6 Å². The minimum Gasteiger partial charge on any atom is -0.489 e. The maximum absolute atomic E-state index is 12.8. The van der Waals surface area contributed by atoms with Crippen molar-refractivity contribution in [3.8, 4) is 22.1 Å². The predicted octanol–water partition coefficient (Wildman–Crippen LogP) is 5.48. The molecule has 0 aliphatic heterocycles. The van der Waals surface area contributed by atoms with Gasteiger partial charge < -0.3 is 24.6 Å². The number of carbonyl (C=O) groups excluding carboxylic acids is 1. The van der Waals surface area contributed by atoms with Crippen molar-refractivity contribution in [2.24, 2.45) is 5.92 Å². The van der Waals surface area contributed by atoms with Crippen LogP contribution in [-0.2, 0) is 4.74 Å². The van der Waals surface area contributed by atoms with Crippen LogP contribution >= 0.6 is 11.3 Å². The molecule has 1 aliphatic carbocycles. The molecule has 1 unspecified atom stereocenters. The minimum absolute atomic E-state index is 0.107. The van der Waals surface area contributed by atoms with E-state index in [1.165, 1.54) is 18.2 Å². The van der Waals surface area contributed by atoms with Gasteiger partial charge in [0.05, 0.1) is 17.5 Å². The molecule has 1 fully saturated rings. The molecule has 180 valence electrons. The van der Waals surface area contributed by atoms with E-state index in [1.54, 1.807) is 27.7 Å². The lowest BCUT2D eigenvalue weighted by molar-refractivity contribution is -0.0515. The third kappa shape index (κ3) is 7.01. The molecule has 8 nitrogen and oxygen atoms in total. The molecule has 2 aromatic rings. The zero-order chi connectivity index (χ0) is 24.3. The van der Waals surface area contributed by atoms with Gasteiger partial charge >= 0.3 is 18.7 Å². The van der Waals surface area contributed by atoms with Crippen LogP contribution in [0.1, 0.15) is 61.9 Å². The molecule has 0 saturated heterocycles. The van der Waals surface area contributed by atoms with Gasteiger partial charge in [0.1, 0.15) is 10.6 Å². The number of alkyl carbamates (subject to hydrolysis) is 1. The number of hydrogen-bond donors (Lipinski definition) is 2. The highest BCUT2D eigenvalue weighted by Gasteiger charge is 2.27. The summed E-state index contributed by atoms with van der Waals surface area (Å²) < 4.78 is 41.0. The fourth-order valence-corrected chi connectivity index (χ4v) is 3.95. The topological polar surface area (TPSA) is 107 Å². The zero-order valence-corrected chi connectivity index (χ0v) is 19.5. The lowest BCUT2D eigenvalue weighted by Gasteiger charge is -2.21. The van der Waals surface area contributed by atoms with E-state index in [4.69, 9.17) is 9.47 Å². The second-order valence-electron chi connectivity index (χ2n) is 8.70. The van der Waals surface area contributed by atoms with Gasteiger partial charge in [-0.1, -0.05) is 0 Å². The van der Waals surface area contributed by atoms with Crippen LogP contribution < -0.4 is 14.8 Å². The summed E-state index contributed by atoms with van der Waals surface area (Å²) in [5.41, 5.74) is -0.449. The van der Waals surface area contributed by atoms with Crippen LogP contribution in [0.5, 0.6) is 11.5 Å². The Morgan fingerprint density at radius 1 is 1.27 bits per heavy atom. The second-order valence-corrected chi connectivity index (χ2v) is 9.73. The number of carboxylic acids is 1. The smallest absolute Gasteiger partial charge is 0.408 e. The van der Waals surface area contributed by atoms with Crippen LogP contribution in [0.2, 0.25) is 0 Å². The van der Waals surface area contributed by atoms with E-state index in [-0.39, 0.29) is 17.2 Å². The van der Waals surface area contributed by atoms with Crippen molar-refractivity contribution >= 4 is 23.4 Å². The second kappa shape index (κ2) is 9.90. The summed E-state index contributed by atoms with van der Waals surface area (Å²) in [5, 5.41) is 12.6. The molecule has 1 heterocycles. The Hall–Kier alpha value is -2.95. The van der Waals surface area contributed by atoms with E-state index in [0.29, 0.717) is 28.0 Å². The molecule has 1 amide bonds. The number of carboxylic acid groups (broad SMARTS) is 1. The molecular weight excluding hydrogens is 458 g/mol. The molecule has 0 bridgehead atoms. The van der Waals surface area contributed by atoms with Crippen molar-refractivity contribution in [2.45, 2.75) is 58.8 Å². The van der Waals surface area contributed by atoms with E-state index < -0.39 is 30.3 Å². The highest BCUT2D eigenvalue weighted by molar-refractivity contribution is 7.15. The number of nitrogens with one attached hydrogen (secondary N) is 1. The van der Waals surface area contributed by atoms with E-state index in [2.05, 4.69) is 15.0 Å². The number of ether oxygens (including phenoxy) is 3. The van der Waals surface area contributed by atoms with Crippen molar-refractivity contribution in [1.82, 2.24) is 10.3 Å². The molecule has 1 saturated carbocycles. The molecule has 1 atom stereocenters. The third-order valence-electron chi connectivity index (χ3n) is 4.56. The highest BCUT2D eigenvalue weighted by Crippen LogP contribution is 2.39. The van der Waals surface area contributed by atoms with Crippen molar-refractivity contribution < 1.29 is 37.7 Å². The summed E-state index contributed by atoms with van der Waals surface area (Å²) in [6.07, 6.45) is 1.35. The van der Waals surface area contributed by atoms with Crippen molar-refractivity contribution in [1.29, 1.82) is 0 Å². The number of thiazole rings is 1. The Balaban J connectivity index is 1.88. The molecule has 0 spiro atoms. The molecule has 1 aromatic carbocycles. The van der Waals surface area contributed by atoms with E-state index >= 15 is 0 Å². The van der Waals surface area contributed by atoms with Gasteiger partial charge in [0.25, 0.3) is 0 Å². The van der Waals surface area contributed by atoms with Crippen molar-refractivity contribution in [3.63, 3.8) is 0 Å². The molecule has 33 heavy (non-hydrogen) atoms. The van der Waals surface area contributed by atoms with Gasteiger partial charge in [-0.15, -0.1) is 11.3 Å². The first-order valence-corrected chi connectivity index (χ1v) is 11.2. The SMILES string of the molecule is CC(NC(=O)OC(C)(C)C)c1sc(-c2ccc(OC(F)F)c(OCC3CC3)c2)nc1C(=O)O. The minimum atomic E-state index is -3.01. The summed E-state index contributed by atoms with van der Waals surface area (Å²) in [6, 6.07) is 3.65. The average molecular weight is 485 g/mol. The molecule has 2 N–H and O–H groups in total. The van der Waals surface area contributed by atoms with Gasteiger partial charge in [0, 0.05) is 5.56 Å². The number of aromatic carboxylic acids is 1. The van der Waals surface area contributed by atoms with E-state index in [1.807, 2.05) is 0 Å². The Kier molecular flexibility index (Phi) is 7.41. The standard InChI is InChI=1S/C22H26F2N2O6S/c1-11(25-21(29)32-22(2,3)4)17-16(19(27)28)26-18(33-17)13-7-8-14(31-20(23)24)15(9-13)30-10-12-5-6-12/h7-9,11-12,20H,5-6,10H2,1-4H3,(H,25,29)(H,27,28). The first-order chi connectivity index (χ1) is 15.4. The maximum atomic E-state index is 12.8. The third-order valence-corrected chi connectivity index (χ3v) is 5.85. The van der Waals surface area contributed by atoms with Gasteiger partial charge in [0.2, 0.25) is 0 Å². The largest absolute Gasteiger partial charge is 0.489 e. The number of alkyl halides is 2. The first-order valence-electron chi connectivity index (χ1n) is 10.4. The fourth-order valence-electron chi connectivity index (χ4n) is 2.89. The first kappa shape index (κ1) is 24.7. The van der Waals surface area contributed by atoms with E-state index in [9.17, 15) is 23.5 Å². The maximum Gasteiger partial charge on any atom is 0.408 e. The summed E-state index contributed by atoms with van der Waals surface area (Å²) in [4.78, 5) is 28.4. The van der Waals surface area contributed by atoms with Crippen LogP contribution in [0, 0.1) is 5.92 Å². The molecule has 3 rings (SSSR count). The Morgan fingerprint density at radius 3 is 2.55 bits per heavy atom. The summed E-state index contributed by atoms with van der Waals surface area (Å²) in [6.45, 7) is 4.14. The number of rotatable bonds is 9. The van der Waals surface area contributed by atoms with Gasteiger partial charge in [-0.2, -0.15) is 8.78 Å². The Bertz CT molecular complexity index is 1020. The quantitative estimate of drug-likeness (QED) is 0.485. The number of hydrogen-bond acceptors (Lipinski definition) is 7. The Morgan fingerprint density at radius 2 is 1.97 bits per heavy atom. The molecule has 1 aliphatic rings. The van der Waals surface area contributed by atoms with Gasteiger partial charge in [0.15, 0.2) is 17.2 Å². The van der Waals surface area contributed by atoms with Gasteiger partial charge in [-0.05, 0) is 64.7 Å². The summed E-state index contributed by atoms with van der Waals surface area (Å²) >= 11 is 1.07. The normalized spacial score (nSPS) is 14.6. The highest BCUT2D eigenvalue weighted by atomic mass is 32.1. The lowest BCUT2D eigenvalue weighted by Crippen LogP contribution is -2.34. The number of carbonyl (C=O) groups is 2. The average Bonchev–Trinajstić information content (AvgIpc) is 3.40. The summed E-state index contributed by atoms with van der Waals surface area (Å²) in [7, 11) is 0. The van der Waals surface area contributed by atoms with Crippen LogP contribution in [0.4, 0.5) is 13.6 Å². The number of halogens is 2. The number of benzene rings is 1. The van der Waals surface area contributed by atoms with Crippen LogP contribution in [-0.4, -0.2) is 41.0 Å². The molecule has 0 radical (unpaired) electrons. The predicted molar refractivity (Wildman–Crippen MR) is 117 cm³/mol. The van der Waals surface area contributed by atoms with Crippen LogP contribution in [0.3, 0.4) is 0 Å². The molecule has 1 aromatic heterocycles. The van der Waals surface area contributed by atoms with Crippen molar-refractivity contribution in [3.05, 3.63) is 28.8 Å². The monoisotopic (exact) mass is 484 g/mol. The molecule has 11 heteroatoms. The van der Waals surface area contributed by atoms with Gasteiger partial charge in [-0.3, -0.25) is 0 Å². The lowest BCUT2D eigenvalue weighted by atomic mass is 10.2. The van der Waals surface area contributed by atoms with E-state index in [0.717, 1.165) is 24.2 Å². The zero-order valence-electron chi connectivity index (χ0n) is 18.7. The molecular formula is C22H26F2N2O6S. The number of nitrogens with zero attached hydrogens (tertiary/aromatic N) is 1. The van der Waals surface area contributed by atoms with Crippen LogP contribution in [0.15, 0.2) is 18.2 Å². The number of amides is 1. The van der Waals surface area contributed by atoms with Crippen molar-refractivity contribution in [2.75, 3.05) is 6.61 Å². The Labute approximate surface area is 193 Å².